The minimum absolute atomic E-state index is 0.162. The van der Waals surface area contributed by atoms with Gasteiger partial charge in [-0.15, -0.1) is 0 Å². The van der Waals surface area contributed by atoms with Crippen molar-refractivity contribution in [2.45, 2.75) is 6.04 Å². The van der Waals surface area contributed by atoms with Crippen LogP contribution in [0.15, 0.2) is 97.3 Å². The van der Waals surface area contributed by atoms with Crippen molar-refractivity contribution >= 4 is 5.91 Å². The number of aromatic nitrogens is 2. The Balaban J connectivity index is 1.67. The first-order chi connectivity index (χ1) is 14.1. The monoisotopic (exact) mass is 385 g/mol. The third-order valence-corrected chi connectivity index (χ3v) is 4.86. The Morgan fingerprint density at radius 2 is 1.48 bits per heavy atom. The molecular formula is C24H20FN3O. The maximum atomic E-state index is 13.4. The van der Waals surface area contributed by atoms with E-state index in [1.807, 2.05) is 60.7 Å². The number of amides is 1. The number of nitrogens with zero attached hydrogens (tertiary/aromatic N) is 3. The van der Waals surface area contributed by atoms with Gasteiger partial charge in [-0.25, -0.2) is 9.07 Å². The van der Waals surface area contributed by atoms with Gasteiger partial charge in [0.05, 0.1) is 23.5 Å². The van der Waals surface area contributed by atoms with Crippen LogP contribution < -0.4 is 0 Å². The first-order valence-electron chi connectivity index (χ1n) is 9.31. The SMILES string of the molecule is CN(C(=O)c1cnn(-c2ccccc2)c1)C(c1ccccc1)c1ccc(F)cc1. The zero-order valence-corrected chi connectivity index (χ0v) is 15.9. The molecule has 0 bridgehead atoms. The number of para-hydroxylation sites is 1. The predicted molar refractivity (Wildman–Crippen MR) is 110 cm³/mol. The Bertz CT molecular complexity index is 1090. The highest BCUT2D eigenvalue weighted by Crippen LogP contribution is 2.29. The summed E-state index contributed by atoms with van der Waals surface area (Å²) in [6, 6.07) is 25.2. The highest BCUT2D eigenvalue weighted by atomic mass is 19.1. The molecule has 1 amide bonds. The van der Waals surface area contributed by atoms with E-state index in [1.165, 1.54) is 12.1 Å². The molecule has 144 valence electrons. The summed E-state index contributed by atoms with van der Waals surface area (Å²) in [5, 5.41) is 4.33. The summed E-state index contributed by atoms with van der Waals surface area (Å²) in [6.45, 7) is 0. The molecule has 3 aromatic carbocycles. The number of carbonyl (C=O) groups excluding carboxylic acids is 1. The first kappa shape index (κ1) is 18.6. The molecule has 0 aliphatic carbocycles. The largest absolute Gasteiger partial charge is 0.330 e. The minimum Gasteiger partial charge on any atom is -0.330 e. The maximum absolute atomic E-state index is 13.4. The Morgan fingerprint density at radius 3 is 2.14 bits per heavy atom. The average molecular weight is 385 g/mol. The second-order valence-electron chi connectivity index (χ2n) is 6.79. The molecule has 4 aromatic rings. The van der Waals surface area contributed by atoms with E-state index in [0.717, 1.165) is 16.8 Å². The van der Waals surface area contributed by atoms with Gasteiger partial charge >= 0.3 is 0 Å². The highest BCUT2D eigenvalue weighted by molar-refractivity contribution is 5.94. The van der Waals surface area contributed by atoms with Crippen LogP contribution in [-0.2, 0) is 0 Å². The van der Waals surface area contributed by atoms with Crippen LogP contribution >= 0.6 is 0 Å². The fourth-order valence-electron chi connectivity index (χ4n) is 3.40. The molecular weight excluding hydrogens is 365 g/mol. The molecule has 1 heterocycles. The molecule has 0 fully saturated rings. The van der Waals surface area contributed by atoms with Crippen LogP contribution in [0.5, 0.6) is 0 Å². The Hall–Kier alpha value is -3.73. The van der Waals surface area contributed by atoms with Crippen molar-refractivity contribution in [1.82, 2.24) is 14.7 Å². The summed E-state index contributed by atoms with van der Waals surface area (Å²) in [5.74, 6) is -0.468. The molecule has 1 aromatic heterocycles. The van der Waals surface area contributed by atoms with Gasteiger partial charge < -0.3 is 4.90 Å². The average Bonchev–Trinajstić information content (AvgIpc) is 3.26. The molecule has 0 aliphatic rings. The summed E-state index contributed by atoms with van der Waals surface area (Å²) in [6.07, 6.45) is 3.29. The molecule has 29 heavy (non-hydrogen) atoms. The molecule has 0 radical (unpaired) electrons. The van der Waals surface area contributed by atoms with Gasteiger partial charge in [0.25, 0.3) is 5.91 Å². The van der Waals surface area contributed by atoms with Crippen LogP contribution in [0.25, 0.3) is 5.69 Å². The maximum Gasteiger partial charge on any atom is 0.257 e. The molecule has 0 saturated carbocycles. The van der Waals surface area contributed by atoms with Crippen LogP contribution in [-0.4, -0.2) is 27.6 Å². The normalized spacial score (nSPS) is 11.8. The number of carbonyl (C=O) groups is 1. The number of rotatable bonds is 5. The third kappa shape index (κ3) is 3.94. The number of hydrogen-bond acceptors (Lipinski definition) is 2. The number of hydrogen-bond donors (Lipinski definition) is 0. The predicted octanol–water partition coefficient (Wildman–Crippen LogP) is 4.87. The van der Waals surface area contributed by atoms with E-state index in [0.29, 0.717) is 5.56 Å². The van der Waals surface area contributed by atoms with Crippen molar-refractivity contribution in [1.29, 1.82) is 0 Å². The molecule has 0 N–H and O–H groups in total. The molecule has 0 saturated heterocycles. The molecule has 5 heteroatoms. The van der Waals surface area contributed by atoms with E-state index in [-0.39, 0.29) is 17.8 Å². The van der Waals surface area contributed by atoms with Gasteiger partial charge in [-0.1, -0.05) is 60.7 Å². The summed E-state index contributed by atoms with van der Waals surface area (Å²) in [4.78, 5) is 14.9. The van der Waals surface area contributed by atoms with Gasteiger partial charge in [0.15, 0.2) is 0 Å². The van der Waals surface area contributed by atoms with Gasteiger partial charge in [-0.3, -0.25) is 4.79 Å². The van der Waals surface area contributed by atoms with Gasteiger partial charge in [-0.05, 0) is 35.4 Å². The summed E-state index contributed by atoms with van der Waals surface area (Å²) < 4.78 is 15.1. The molecule has 4 nitrogen and oxygen atoms in total. The topological polar surface area (TPSA) is 38.1 Å². The summed E-state index contributed by atoms with van der Waals surface area (Å²) in [7, 11) is 1.75. The van der Waals surface area contributed by atoms with E-state index < -0.39 is 0 Å². The Labute approximate surface area is 168 Å². The van der Waals surface area contributed by atoms with Crippen molar-refractivity contribution in [3.63, 3.8) is 0 Å². The second kappa shape index (κ2) is 8.10. The van der Waals surface area contributed by atoms with E-state index in [1.54, 1.807) is 41.2 Å². The van der Waals surface area contributed by atoms with Gasteiger partial charge in [0, 0.05) is 13.2 Å². The van der Waals surface area contributed by atoms with Gasteiger partial charge in [0.2, 0.25) is 0 Å². The Kier molecular flexibility index (Phi) is 5.20. The molecule has 1 atom stereocenters. The van der Waals surface area contributed by atoms with E-state index in [4.69, 9.17) is 0 Å². The van der Waals surface area contributed by atoms with Crippen molar-refractivity contribution in [3.8, 4) is 5.69 Å². The van der Waals surface area contributed by atoms with Crippen LogP contribution in [0.4, 0.5) is 4.39 Å². The molecule has 0 spiro atoms. The smallest absolute Gasteiger partial charge is 0.257 e. The third-order valence-electron chi connectivity index (χ3n) is 4.86. The fraction of sp³-hybridized carbons (Fsp3) is 0.0833. The highest BCUT2D eigenvalue weighted by Gasteiger charge is 2.25. The van der Waals surface area contributed by atoms with Gasteiger partial charge in [-0.2, -0.15) is 5.10 Å². The lowest BCUT2D eigenvalue weighted by atomic mass is 9.97. The Morgan fingerprint density at radius 1 is 0.897 bits per heavy atom. The second-order valence-corrected chi connectivity index (χ2v) is 6.79. The van der Waals surface area contributed by atoms with Gasteiger partial charge in [0.1, 0.15) is 5.82 Å². The molecule has 4 rings (SSSR count). The number of benzene rings is 3. The molecule has 0 aliphatic heterocycles. The lowest BCUT2D eigenvalue weighted by Gasteiger charge is -2.29. The minimum atomic E-state index is -0.343. The van der Waals surface area contributed by atoms with Crippen molar-refractivity contribution in [3.05, 3.63) is 120 Å². The molecule has 1 unspecified atom stereocenters. The van der Waals surface area contributed by atoms with E-state index >= 15 is 0 Å². The van der Waals surface area contributed by atoms with Crippen molar-refractivity contribution < 1.29 is 9.18 Å². The number of halogens is 1. The zero-order chi connectivity index (χ0) is 20.2. The quantitative estimate of drug-likeness (QED) is 0.491. The summed E-state index contributed by atoms with van der Waals surface area (Å²) >= 11 is 0. The lowest BCUT2D eigenvalue weighted by Crippen LogP contribution is -2.31. The lowest BCUT2D eigenvalue weighted by molar-refractivity contribution is 0.0755. The van der Waals surface area contributed by atoms with Crippen molar-refractivity contribution in [2.24, 2.45) is 0 Å². The zero-order valence-electron chi connectivity index (χ0n) is 15.9. The van der Waals surface area contributed by atoms with E-state index in [9.17, 15) is 9.18 Å². The first-order valence-corrected chi connectivity index (χ1v) is 9.31. The standard InChI is InChI=1S/C24H20FN3O/c1-27(24(29)20-16-26-28(17-20)22-10-6-3-7-11-22)23(18-8-4-2-5-9-18)19-12-14-21(25)15-13-19/h2-17,23H,1H3. The van der Waals surface area contributed by atoms with E-state index in [2.05, 4.69) is 5.10 Å². The summed E-state index contributed by atoms with van der Waals surface area (Å²) in [5.41, 5.74) is 3.15. The van der Waals surface area contributed by atoms with Crippen LogP contribution in [0.2, 0.25) is 0 Å². The van der Waals surface area contributed by atoms with Crippen LogP contribution in [0.1, 0.15) is 27.5 Å². The fourth-order valence-corrected chi connectivity index (χ4v) is 3.40. The van der Waals surface area contributed by atoms with Crippen molar-refractivity contribution in [2.75, 3.05) is 7.05 Å². The van der Waals surface area contributed by atoms with Crippen LogP contribution in [0.3, 0.4) is 0 Å². The van der Waals surface area contributed by atoms with Crippen LogP contribution in [0, 0.1) is 5.82 Å².